The Kier molecular flexibility index (Phi) is 7.89. The summed E-state index contributed by atoms with van der Waals surface area (Å²) < 4.78 is 35.1. The van der Waals surface area contributed by atoms with Gasteiger partial charge in [-0.1, -0.05) is 24.3 Å². The van der Waals surface area contributed by atoms with E-state index in [9.17, 15) is 13.2 Å². The van der Waals surface area contributed by atoms with Gasteiger partial charge in [-0.25, -0.2) is 13.1 Å². The molecule has 0 saturated carbocycles. The Bertz CT molecular complexity index is 866. The van der Waals surface area contributed by atoms with E-state index in [0.717, 1.165) is 28.4 Å². The zero-order valence-corrected chi connectivity index (χ0v) is 19.0. The van der Waals surface area contributed by atoms with Crippen molar-refractivity contribution in [2.24, 2.45) is 5.92 Å². The Morgan fingerprint density at radius 2 is 1.93 bits per heavy atom. The molecule has 2 aliphatic heterocycles. The summed E-state index contributed by atoms with van der Waals surface area (Å²) in [6, 6.07) is 7.40. The van der Waals surface area contributed by atoms with Gasteiger partial charge in [0, 0.05) is 21.3 Å². The molecule has 0 spiro atoms. The summed E-state index contributed by atoms with van der Waals surface area (Å²) in [7, 11) is -3.58. The Hall–Kier alpha value is -1.23. The zero-order valence-electron chi connectivity index (χ0n) is 16.0. The molecular formula is C21H26INO5S. The number of rotatable bonds is 10. The maximum absolute atomic E-state index is 12.6. The first-order valence-electron chi connectivity index (χ1n) is 9.82. The number of ether oxygens (including phenoxy) is 1. The summed E-state index contributed by atoms with van der Waals surface area (Å²) in [5.41, 5.74) is 0.834. The lowest BCUT2D eigenvalue weighted by atomic mass is 9.83. The van der Waals surface area contributed by atoms with Crippen LogP contribution < -0.4 is 4.72 Å². The molecule has 2 bridgehead atoms. The summed E-state index contributed by atoms with van der Waals surface area (Å²) in [5, 5.41) is 9.90. The van der Waals surface area contributed by atoms with Crippen LogP contribution >= 0.6 is 22.6 Å². The normalized spacial score (nSPS) is 26.7. The van der Waals surface area contributed by atoms with Crippen molar-refractivity contribution in [3.05, 3.63) is 51.0 Å². The molecule has 0 radical (unpaired) electrons. The number of fused-ring (bicyclic) bond motifs is 2. The minimum Gasteiger partial charge on any atom is -0.481 e. The molecule has 8 heteroatoms. The topological polar surface area (TPSA) is 92.7 Å². The van der Waals surface area contributed by atoms with Crippen LogP contribution in [-0.4, -0.2) is 37.7 Å². The lowest BCUT2D eigenvalue weighted by molar-refractivity contribution is -0.137. The summed E-state index contributed by atoms with van der Waals surface area (Å²) >= 11 is 2.21. The van der Waals surface area contributed by atoms with E-state index in [2.05, 4.69) is 27.3 Å². The van der Waals surface area contributed by atoms with E-state index in [1.807, 2.05) is 36.4 Å². The van der Waals surface area contributed by atoms with E-state index in [1.165, 1.54) is 5.41 Å². The maximum atomic E-state index is 12.6. The van der Waals surface area contributed by atoms with Crippen LogP contribution in [0.25, 0.3) is 6.08 Å². The first-order valence-corrected chi connectivity index (χ1v) is 12.4. The SMILES string of the molecule is O=C(O)CCCC=CCC1C2CCC(O2)C1NS(=O)(=O)C=Cc1ccc(I)cc1. The number of sulfonamides is 1. The molecule has 1 aromatic carbocycles. The predicted octanol–water partition coefficient (Wildman–Crippen LogP) is 3.93. The van der Waals surface area contributed by atoms with Gasteiger partial charge in [-0.15, -0.1) is 0 Å². The fraction of sp³-hybridized carbons (Fsp3) is 0.476. The highest BCUT2D eigenvalue weighted by Gasteiger charge is 2.49. The van der Waals surface area contributed by atoms with E-state index >= 15 is 0 Å². The molecule has 2 fully saturated rings. The molecule has 4 unspecified atom stereocenters. The minimum absolute atomic E-state index is 0.0770. The summed E-state index contributed by atoms with van der Waals surface area (Å²) in [6.07, 6.45) is 9.65. The smallest absolute Gasteiger partial charge is 0.303 e. The molecule has 1 aromatic rings. The molecule has 2 aliphatic rings. The Morgan fingerprint density at radius 1 is 1.21 bits per heavy atom. The second kappa shape index (κ2) is 10.2. The number of unbranched alkanes of at least 4 members (excludes halogenated alkanes) is 1. The number of carboxylic acid groups (broad SMARTS) is 1. The van der Waals surface area contributed by atoms with Crippen molar-refractivity contribution in [3.8, 4) is 0 Å². The second-order valence-electron chi connectivity index (χ2n) is 7.49. The van der Waals surface area contributed by atoms with Gasteiger partial charge >= 0.3 is 5.97 Å². The summed E-state index contributed by atoms with van der Waals surface area (Å²) in [6.45, 7) is 0. The first kappa shape index (κ1) is 22.5. The fourth-order valence-electron chi connectivity index (χ4n) is 3.95. The number of benzene rings is 1. The lowest BCUT2D eigenvalue weighted by Crippen LogP contribution is -2.46. The van der Waals surface area contributed by atoms with Crippen molar-refractivity contribution in [3.63, 3.8) is 0 Å². The highest BCUT2D eigenvalue weighted by Crippen LogP contribution is 2.41. The summed E-state index contributed by atoms with van der Waals surface area (Å²) in [5.74, 6) is -0.682. The van der Waals surface area contributed by atoms with Gasteiger partial charge in [0.1, 0.15) is 0 Å². The number of aliphatic carboxylic acids is 1. The molecule has 2 heterocycles. The molecule has 0 aromatic heterocycles. The summed E-state index contributed by atoms with van der Waals surface area (Å²) in [4.78, 5) is 10.6. The van der Waals surface area contributed by atoms with Gasteiger partial charge in [0.15, 0.2) is 0 Å². The number of allylic oxidation sites excluding steroid dienone is 2. The van der Waals surface area contributed by atoms with E-state index in [-0.39, 0.29) is 30.6 Å². The van der Waals surface area contributed by atoms with Gasteiger partial charge in [0.2, 0.25) is 10.0 Å². The van der Waals surface area contributed by atoms with Crippen molar-refractivity contribution in [2.45, 2.75) is 56.8 Å². The molecule has 2 saturated heterocycles. The van der Waals surface area contributed by atoms with Crippen LogP contribution in [0.3, 0.4) is 0 Å². The third kappa shape index (κ3) is 6.63. The number of nitrogens with one attached hydrogen (secondary N) is 1. The monoisotopic (exact) mass is 531 g/mol. The number of carbonyl (C=O) groups is 1. The van der Waals surface area contributed by atoms with Gasteiger partial charge in [-0.05, 0) is 78.5 Å². The van der Waals surface area contributed by atoms with Gasteiger partial charge < -0.3 is 9.84 Å². The van der Waals surface area contributed by atoms with Crippen molar-refractivity contribution in [2.75, 3.05) is 0 Å². The van der Waals surface area contributed by atoms with Crippen molar-refractivity contribution < 1.29 is 23.1 Å². The number of halogens is 1. The van der Waals surface area contributed by atoms with Crippen LogP contribution in [0.4, 0.5) is 0 Å². The highest BCUT2D eigenvalue weighted by atomic mass is 127. The number of carboxylic acids is 1. The Balaban J connectivity index is 1.58. The Labute approximate surface area is 185 Å². The average Bonchev–Trinajstić information content (AvgIpc) is 3.26. The molecule has 29 heavy (non-hydrogen) atoms. The molecule has 0 amide bonds. The van der Waals surface area contributed by atoms with E-state index in [1.54, 1.807) is 6.08 Å². The molecule has 2 N–H and O–H groups in total. The van der Waals surface area contributed by atoms with Crippen molar-refractivity contribution in [1.82, 2.24) is 4.72 Å². The average molecular weight is 531 g/mol. The van der Waals surface area contributed by atoms with Crippen molar-refractivity contribution in [1.29, 1.82) is 0 Å². The largest absolute Gasteiger partial charge is 0.481 e. The quantitative estimate of drug-likeness (QED) is 0.271. The Morgan fingerprint density at radius 3 is 2.66 bits per heavy atom. The molecule has 6 nitrogen and oxygen atoms in total. The van der Waals surface area contributed by atoms with Crippen LogP contribution in [-0.2, 0) is 19.6 Å². The van der Waals surface area contributed by atoms with Crippen LogP contribution in [0.15, 0.2) is 41.8 Å². The maximum Gasteiger partial charge on any atom is 0.303 e. The van der Waals surface area contributed by atoms with Crippen LogP contribution in [0.5, 0.6) is 0 Å². The number of hydrogen-bond acceptors (Lipinski definition) is 4. The van der Waals surface area contributed by atoms with E-state index in [0.29, 0.717) is 12.8 Å². The minimum atomic E-state index is -3.58. The zero-order chi connectivity index (χ0) is 20.9. The van der Waals surface area contributed by atoms with Crippen LogP contribution in [0.2, 0.25) is 0 Å². The second-order valence-corrected chi connectivity index (χ2v) is 10.3. The lowest BCUT2D eigenvalue weighted by Gasteiger charge is -2.27. The van der Waals surface area contributed by atoms with Gasteiger partial charge in [0.05, 0.1) is 18.2 Å². The molecular weight excluding hydrogens is 505 g/mol. The standard InChI is InChI=1S/C21H26INO5S/c22-16-9-7-15(8-10-16)13-14-29(26,27)23-21-17(18-11-12-19(21)28-18)5-3-1-2-4-6-20(24)25/h1,3,7-10,13-14,17-19,21,23H,2,4-6,11-12H2,(H,24,25). The first-order chi connectivity index (χ1) is 13.8. The molecule has 0 aliphatic carbocycles. The molecule has 158 valence electrons. The number of hydrogen-bond donors (Lipinski definition) is 2. The van der Waals surface area contributed by atoms with E-state index in [4.69, 9.17) is 9.84 Å². The third-order valence-corrected chi connectivity index (χ3v) is 7.19. The van der Waals surface area contributed by atoms with Crippen LogP contribution in [0, 0.1) is 9.49 Å². The van der Waals surface area contributed by atoms with Crippen LogP contribution in [0.1, 0.15) is 44.1 Å². The predicted molar refractivity (Wildman–Crippen MR) is 121 cm³/mol. The van der Waals surface area contributed by atoms with Crippen molar-refractivity contribution >= 4 is 44.7 Å². The molecule has 4 atom stereocenters. The van der Waals surface area contributed by atoms with Gasteiger partial charge in [-0.2, -0.15) is 0 Å². The third-order valence-electron chi connectivity index (χ3n) is 5.37. The fourth-order valence-corrected chi connectivity index (χ4v) is 5.43. The molecule has 3 rings (SSSR count). The van der Waals surface area contributed by atoms with E-state index < -0.39 is 16.0 Å². The van der Waals surface area contributed by atoms with Gasteiger partial charge in [-0.3, -0.25) is 4.79 Å². The van der Waals surface area contributed by atoms with Gasteiger partial charge in [0.25, 0.3) is 0 Å². The highest BCUT2D eigenvalue weighted by molar-refractivity contribution is 14.1.